The Balaban J connectivity index is 1.69. The van der Waals surface area contributed by atoms with Crippen molar-refractivity contribution in [3.63, 3.8) is 0 Å². The molecule has 0 aliphatic carbocycles. The first-order valence-corrected chi connectivity index (χ1v) is 7.17. The highest BCUT2D eigenvalue weighted by Crippen LogP contribution is 2.29. The average molecular weight is 235 g/mol. The van der Waals surface area contributed by atoms with Crippen LogP contribution in [-0.4, -0.2) is 24.2 Å². The molecule has 0 atom stereocenters. The van der Waals surface area contributed by atoms with Crippen LogP contribution in [0.1, 0.15) is 18.4 Å². The first-order chi connectivity index (χ1) is 7.92. The Bertz CT molecular complexity index is 374. The summed E-state index contributed by atoms with van der Waals surface area (Å²) >= 11 is 2.07. The maximum absolute atomic E-state index is 5.51. The summed E-state index contributed by atoms with van der Waals surface area (Å²) in [6.45, 7) is 0.846. The molecule has 2 nitrogen and oxygen atoms in total. The van der Waals surface area contributed by atoms with E-state index >= 15 is 0 Å². The van der Waals surface area contributed by atoms with Gasteiger partial charge in [-0.3, -0.25) is 0 Å². The smallest absolute Gasteiger partial charge is 0.122 e. The van der Waals surface area contributed by atoms with Gasteiger partial charge in [-0.15, -0.1) is 0 Å². The number of fused-ring (bicyclic) bond motifs is 1. The van der Waals surface area contributed by atoms with E-state index < -0.39 is 0 Å². The Morgan fingerprint density at radius 3 is 3.00 bits per heavy atom. The number of benzene rings is 1. The van der Waals surface area contributed by atoms with Crippen LogP contribution in [0, 0.1) is 0 Å². The fourth-order valence-electron chi connectivity index (χ4n) is 2.35. The minimum Gasteiger partial charge on any atom is -0.493 e. The lowest BCUT2D eigenvalue weighted by molar-refractivity contribution is 0.357. The van der Waals surface area contributed by atoms with E-state index in [1.165, 1.54) is 35.6 Å². The summed E-state index contributed by atoms with van der Waals surface area (Å²) in [7, 11) is 0. The van der Waals surface area contributed by atoms with Crippen molar-refractivity contribution in [1.82, 2.24) is 0 Å². The van der Waals surface area contributed by atoms with Crippen LogP contribution in [0.15, 0.2) is 18.2 Å². The molecule has 1 fully saturated rings. The van der Waals surface area contributed by atoms with Gasteiger partial charge in [0.2, 0.25) is 0 Å². The lowest BCUT2D eigenvalue weighted by Crippen LogP contribution is -2.24. The van der Waals surface area contributed by atoms with E-state index in [2.05, 4.69) is 35.3 Å². The average Bonchev–Trinajstić information content (AvgIpc) is 2.77. The summed E-state index contributed by atoms with van der Waals surface area (Å²) in [6.07, 6.45) is 3.64. The largest absolute Gasteiger partial charge is 0.493 e. The van der Waals surface area contributed by atoms with Crippen molar-refractivity contribution in [3.05, 3.63) is 23.8 Å². The number of anilines is 1. The minimum atomic E-state index is 0.668. The van der Waals surface area contributed by atoms with E-state index in [0.29, 0.717) is 6.04 Å². The highest BCUT2D eigenvalue weighted by Gasteiger charge is 2.15. The molecular weight excluding hydrogens is 218 g/mol. The first-order valence-electron chi connectivity index (χ1n) is 6.02. The molecule has 1 N–H and O–H groups in total. The lowest BCUT2D eigenvalue weighted by atomic mass is 10.1. The number of thioether (sulfide) groups is 1. The second kappa shape index (κ2) is 4.58. The summed E-state index contributed by atoms with van der Waals surface area (Å²) in [6, 6.07) is 7.17. The number of ether oxygens (including phenoxy) is 1. The van der Waals surface area contributed by atoms with E-state index in [9.17, 15) is 0 Å². The van der Waals surface area contributed by atoms with Crippen LogP contribution >= 0.6 is 11.8 Å². The van der Waals surface area contributed by atoms with Crippen LogP contribution in [0.5, 0.6) is 5.75 Å². The fourth-order valence-corrected chi connectivity index (χ4v) is 3.46. The molecule has 1 aromatic carbocycles. The van der Waals surface area contributed by atoms with Crippen molar-refractivity contribution < 1.29 is 4.74 Å². The normalized spacial score (nSPS) is 20.2. The van der Waals surface area contributed by atoms with Crippen molar-refractivity contribution in [2.24, 2.45) is 0 Å². The third-order valence-corrected chi connectivity index (χ3v) is 4.33. The van der Waals surface area contributed by atoms with Gasteiger partial charge in [0.05, 0.1) is 6.61 Å². The highest BCUT2D eigenvalue weighted by molar-refractivity contribution is 7.99. The lowest BCUT2D eigenvalue weighted by Gasteiger charge is -2.23. The van der Waals surface area contributed by atoms with Gasteiger partial charge in [-0.2, -0.15) is 11.8 Å². The molecule has 2 aliphatic rings. The van der Waals surface area contributed by atoms with Crippen molar-refractivity contribution >= 4 is 17.4 Å². The van der Waals surface area contributed by atoms with E-state index in [-0.39, 0.29) is 0 Å². The summed E-state index contributed by atoms with van der Waals surface area (Å²) in [5, 5.41) is 3.64. The second-order valence-electron chi connectivity index (χ2n) is 4.45. The van der Waals surface area contributed by atoms with Gasteiger partial charge in [0, 0.05) is 18.2 Å². The molecule has 1 saturated heterocycles. The quantitative estimate of drug-likeness (QED) is 0.851. The SMILES string of the molecule is c1cc2c(cc1NC1CCSCC1)CCO2. The Morgan fingerprint density at radius 2 is 2.12 bits per heavy atom. The van der Waals surface area contributed by atoms with Gasteiger partial charge in [0.15, 0.2) is 0 Å². The van der Waals surface area contributed by atoms with Crippen LogP contribution in [0.2, 0.25) is 0 Å². The zero-order chi connectivity index (χ0) is 10.8. The number of hydrogen-bond acceptors (Lipinski definition) is 3. The van der Waals surface area contributed by atoms with Gasteiger partial charge < -0.3 is 10.1 Å². The molecule has 16 heavy (non-hydrogen) atoms. The maximum atomic E-state index is 5.51. The van der Waals surface area contributed by atoms with Gasteiger partial charge in [-0.05, 0) is 48.1 Å². The molecule has 0 amide bonds. The van der Waals surface area contributed by atoms with Crippen LogP contribution in [-0.2, 0) is 6.42 Å². The predicted molar refractivity (Wildman–Crippen MR) is 69.6 cm³/mol. The van der Waals surface area contributed by atoms with E-state index in [4.69, 9.17) is 4.74 Å². The van der Waals surface area contributed by atoms with Crippen molar-refractivity contribution in [1.29, 1.82) is 0 Å². The minimum absolute atomic E-state index is 0.668. The molecule has 2 aliphatic heterocycles. The third-order valence-electron chi connectivity index (χ3n) is 3.28. The molecule has 0 spiro atoms. The second-order valence-corrected chi connectivity index (χ2v) is 5.68. The van der Waals surface area contributed by atoms with Gasteiger partial charge in [-0.25, -0.2) is 0 Å². The van der Waals surface area contributed by atoms with Crippen molar-refractivity contribution in [2.75, 3.05) is 23.4 Å². The van der Waals surface area contributed by atoms with Crippen LogP contribution < -0.4 is 10.1 Å². The van der Waals surface area contributed by atoms with Crippen LogP contribution in [0.25, 0.3) is 0 Å². The summed E-state index contributed by atoms with van der Waals surface area (Å²) in [4.78, 5) is 0. The van der Waals surface area contributed by atoms with Gasteiger partial charge in [0.25, 0.3) is 0 Å². The molecule has 0 radical (unpaired) electrons. The Kier molecular flexibility index (Phi) is 2.96. The molecule has 0 saturated carbocycles. The van der Waals surface area contributed by atoms with E-state index in [1.54, 1.807) is 0 Å². The molecule has 86 valence electrons. The van der Waals surface area contributed by atoms with E-state index in [1.807, 2.05) is 0 Å². The number of hydrogen-bond donors (Lipinski definition) is 1. The summed E-state index contributed by atoms with van der Waals surface area (Å²) < 4.78 is 5.51. The fraction of sp³-hybridized carbons (Fsp3) is 0.538. The summed E-state index contributed by atoms with van der Waals surface area (Å²) in [5.41, 5.74) is 2.62. The first kappa shape index (κ1) is 10.3. The van der Waals surface area contributed by atoms with Gasteiger partial charge in [0.1, 0.15) is 5.75 Å². The molecule has 3 rings (SSSR count). The monoisotopic (exact) mass is 235 g/mol. The van der Waals surface area contributed by atoms with Crippen LogP contribution in [0.4, 0.5) is 5.69 Å². The summed E-state index contributed by atoms with van der Waals surface area (Å²) in [5.74, 6) is 3.67. The molecule has 0 aromatic heterocycles. The standard InChI is InChI=1S/C13H17NOS/c1-2-13-10(3-6-15-13)9-12(1)14-11-4-7-16-8-5-11/h1-2,9,11,14H,3-8H2. The molecule has 3 heteroatoms. The maximum Gasteiger partial charge on any atom is 0.122 e. The highest BCUT2D eigenvalue weighted by atomic mass is 32.2. The Labute approximate surface area is 101 Å². The Morgan fingerprint density at radius 1 is 1.25 bits per heavy atom. The van der Waals surface area contributed by atoms with E-state index in [0.717, 1.165) is 18.8 Å². The van der Waals surface area contributed by atoms with Crippen LogP contribution in [0.3, 0.4) is 0 Å². The van der Waals surface area contributed by atoms with Crippen molar-refractivity contribution in [3.8, 4) is 5.75 Å². The topological polar surface area (TPSA) is 21.3 Å². The number of nitrogens with one attached hydrogen (secondary N) is 1. The molecule has 0 unspecified atom stereocenters. The zero-order valence-electron chi connectivity index (χ0n) is 9.37. The van der Waals surface area contributed by atoms with Gasteiger partial charge in [-0.1, -0.05) is 0 Å². The third kappa shape index (κ3) is 2.14. The van der Waals surface area contributed by atoms with Crippen molar-refractivity contribution in [2.45, 2.75) is 25.3 Å². The molecule has 0 bridgehead atoms. The molecule has 1 aromatic rings. The Hall–Kier alpha value is -0.830. The molecule has 2 heterocycles. The number of rotatable bonds is 2. The van der Waals surface area contributed by atoms with Gasteiger partial charge >= 0.3 is 0 Å². The predicted octanol–water partition coefficient (Wildman–Crippen LogP) is 2.93. The zero-order valence-corrected chi connectivity index (χ0v) is 10.2. The molecular formula is C13H17NOS.